The van der Waals surface area contributed by atoms with Crippen molar-refractivity contribution in [3.05, 3.63) is 29.3 Å². The van der Waals surface area contributed by atoms with Crippen LogP contribution in [0.3, 0.4) is 0 Å². The van der Waals surface area contributed by atoms with Crippen molar-refractivity contribution in [3.63, 3.8) is 0 Å². The van der Waals surface area contributed by atoms with Crippen LogP contribution in [0.1, 0.15) is 15.9 Å². The third kappa shape index (κ3) is 1.61. The van der Waals surface area contributed by atoms with Crippen molar-refractivity contribution in [3.8, 4) is 0 Å². The summed E-state index contributed by atoms with van der Waals surface area (Å²) >= 11 is 4.12. The van der Waals surface area contributed by atoms with E-state index in [0.717, 1.165) is 16.7 Å². The molecule has 0 fully saturated rings. The molecule has 0 saturated carbocycles. The van der Waals surface area contributed by atoms with E-state index in [2.05, 4.69) is 12.6 Å². The Hall–Kier alpha value is -0.760. The normalized spacial score (nSPS) is 9.40. The molecule has 1 rings (SSSR count). The number of carbonyl (C=O) groups is 1. The van der Waals surface area contributed by atoms with Gasteiger partial charge in [-0.1, -0.05) is 0 Å². The number of hydrogen-bond donors (Lipinski definition) is 1. The Bertz CT molecular complexity index is 235. The van der Waals surface area contributed by atoms with Gasteiger partial charge in [-0.2, -0.15) is 0 Å². The van der Waals surface area contributed by atoms with Crippen molar-refractivity contribution in [2.75, 3.05) is 0 Å². The number of carbonyl (C=O) groups excluding carboxylic acids is 1. The average molecular weight is 152 g/mol. The zero-order valence-corrected chi connectivity index (χ0v) is 6.56. The molecule has 0 atom stereocenters. The molecule has 10 heavy (non-hydrogen) atoms. The van der Waals surface area contributed by atoms with Crippen LogP contribution in [0.15, 0.2) is 23.1 Å². The molecule has 0 radical (unpaired) electrons. The van der Waals surface area contributed by atoms with Gasteiger partial charge in [0.15, 0.2) is 0 Å². The lowest BCUT2D eigenvalue weighted by Gasteiger charge is -1.95. The summed E-state index contributed by atoms with van der Waals surface area (Å²) in [5, 5.41) is 0. The van der Waals surface area contributed by atoms with Crippen LogP contribution in [0.25, 0.3) is 0 Å². The fraction of sp³-hybridized carbons (Fsp3) is 0.125. The first-order valence-electron chi connectivity index (χ1n) is 2.98. The first-order valence-corrected chi connectivity index (χ1v) is 3.43. The molecule has 0 saturated heterocycles. The predicted octanol–water partition coefficient (Wildman–Crippen LogP) is 2.10. The molecule has 0 aliphatic carbocycles. The largest absolute Gasteiger partial charge is 0.298 e. The summed E-state index contributed by atoms with van der Waals surface area (Å²) < 4.78 is 0. The lowest BCUT2D eigenvalue weighted by molar-refractivity contribution is 0.112. The van der Waals surface area contributed by atoms with Crippen molar-refractivity contribution in [1.29, 1.82) is 0 Å². The van der Waals surface area contributed by atoms with Gasteiger partial charge in [0.2, 0.25) is 0 Å². The highest BCUT2D eigenvalue weighted by atomic mass is 32.1. The molecular formula is C8H8OS. The summed E-state index contributed by atoms with van der Waals surface area (Å²) in [5.41, 5.74) is 1.75. The van der Waals surface area contributed by atoms with Gasteiger partial charge in [0.05, 0.1) is 0 Å². The van der Waals surface area contributed by atoms with Crippen LogP contribution in [0.2, 0.25) is 0 Å². The molecule has 0 aliphatic heterocycles. The minimum atomic E-state index is 0.685. The van der Waals surface area contributed by atoms with Crippen LogP contribution < -0.4 is 0 Å². The van der Waals surface area contributed by atoms with Crippen molar-refractivity contribution in [2.24, 2.45) is 0 Å². The van der Waals surface area contributed by atoms with E-state index in [0.29, 0.717) is 5.56 Å². The van der Waals surface area contributed by atoms with E-state index in [4.69, 9.17) is 0 Å². The highest BCUT2D eigenvalue weighted by Gasteiger charge is 1.92. The Kier molecular flexibility index (Phi) is 2.12. The molecule has 0 bridgehead atoms. The zero-order valence-electron chi connectivity index (χ0n) is 5.66. The molecule has 0 heterocycles. The summed E-state index contributed by atoms with van der Waals surface area (Å²) in [6.07, 6.45) is 0.826. The van der Waals surface area contributed by atoms with Gasteiger partial charge in [0.1, 0.15) is 6.29 Å². The van der Waals surface area contributed by atoms with Gasteiger partial charge in [0, 0.05) is 10.5 Å². The first-order chi connectivity index (χ1) is 4.72. The fourth-order valence-electron chi connectivity index (χ4n) is 0.860. The number of aryl methyl sites for hydroxylation is 1. The number of rotatable bonds is 1. The predicted molar refractivity (Wildman–Crippen MR) is 43.8 cm³/mol. The quantitative estimate of drug-likeness (QED) is 0.481. The molecule has 2 heteroatoms. The van der Waals surface area contributed by atoms with E-state index < -0.39 is 0 Å². The molecule has 0 amide bonds. The third-order valence-corrected chi connectivity index (χ3v) is 1.48. The van der Waals surface area contributed by atoms with E-state index in [1.807, 2.05) is 19.1 Å². The maximum atomic E-state index is 10.3. The van der Waals surface area contributed by atoms with Gasteiger partial charge in [-0.15, -0.1) is 12.6 Å². The monoisotopic (exact) mass is 152 g/mol. The smallest absolute Gasteiger partial charge is 0.150 e. The molecule has 0 aromatic heterocycles. The second kappa shape index (κ2) is 2.88. The third-order valence-electron chi connectivity index (χ3n) is 1.22. The number of hydrogen-bond acceptors (Lipinski definition) is 2. The molecule has 1 aromatic rings. The van der Waals surface area contributed by atoms with Crippen LogP contribution >= 0.6 is 12.6 Å². The average Bonchev–Trinajstić information content (AvgIpc) is 1.85. The lowest BCUT2D eigenvalue weighted by Crippen LogP contribution is -1.81. The summed E-state index contributed by atoms with van der Waals surface area (Å²) in [6, 6.07) is 5.48. The highest BCUT2D eigenvalue weighted by Crippen LogP contribution is 2.10. The van der Waals surface area contributed by atoms with Crippen LogP contribution in [0.4, 0.5) is 0 Å². The number of thiol groups is 1. The van der Waals surface area contributed by atoms with Gasteiger partial charge < -0.3 is 0 Å². The summed E-state index contributed by atoms with van der Waals surface area (Å²) in [6.45, 7) is 1.94. The van der Waals surface area contributed by atoms with E-state index in [9.17, 15) is 4.79 Å². The van der Waals surface area contributed by atoms with E-state index in [-0.39, 0.29) is 0 Å². The SMILES string of the molecule is Cc1cc(S)cc(C=O)c1. The highest BCUT2D eigenvalue weighted by molar-refractivity contribution is 7.80. The maximum absolute atomic E-state index is 10.3. The van der Waals surface area contributed by atoms with Gasteiger partial charge in [0.25, 0.3) is 0 Å². The van der Waals surface area contributed by atoms with Crippen LogP contribution in [-0.4, -0.2) is 6.29 Å². The van der Waals surface area contributed by atoms with Crippen LogP contribution in [0, 0.1) is 6.92 Å². The Balaban J connectivity index is 3.18. The fourth-order valence-corrected chi connectivity index (χ4v) is 1.21. The van der Waals surface area contributed by atoms with Gasteiger partial charge in [-0.25, -0.2) is 0 Å². The van der Waals surface area contributed by atoms with Gasteiger partial charge in [-0.05, 0) is 30.7 Å². The first kappa shape index (κ1) is 7.35. The van der Waals surface area contributed by atoms with E-state index in [1.165, 1.54) is 0 Å². The summed E-state index contributed by atoms with van der Waals surface area (Å²) in [4.78, 5) is 11.1. The van der Waals surface area contributed by atoms with Crippen molar-refractivity contribution >= 4 is 18.9 Å². The summed E-state index contributed by atoms with van der Waals surface area (Å²) in [7, 11) is 0. The second-order valence-electron chi connectivity index (χ2n) is 2.22. The maximum Gasteiger partial charge on any atom is 0.150 e. The van der Waals surface area contributed by atoms with Crippen LogP contribution in [0.5, 0.6) is 0 Å². The molecule has 0 spiro atoms. The van der Waals surface area contributed by atoms with E-state index >= 15 is 0 Å². The minimum absolute atomic E-state index is 0.685. The molecule has 0 unspecified atom stereocenters. The molecule has 0 aliphatic rings. The molecule has 0 N–H and O–H groups in total. The number of benzene rings is 1. The lowest BCUT2D eigenvalue weighted by atomic mass is 10.2. The zero-order chi connectivity index (χ0) is 7.56. The Morgan fingerprint density at radius 2 is 2.10 bits per heavy atom. The second-order valence-corrected chi connectivity index (χ2v) is 2.74. The van der Waals surface area contributed by atoms with Gasteiger partial charge in [-0.3, -0.25) is 4.79 Å². The molecule has 52 valence electrons. The Morgan fingerprint density at radius 3 is 2.60 bits per heavy atom. The Morgan fingerprint density at radius 1 is 1.40 bits per heavy atom. The van der Waals surface area contributed by atoms with Crippen molar-refractivity contribution in [2.45, 2.75) is 11.8 Å². The van der Waals surface area contributed by atoms with Crippen molar-refractivity contribution in [1.82, 2.24) is 0 Å². The van der Waals surface area contributed by atoms with E-state index in [1.54, 1.807) is 6.07 Å². The molecule has 1 aromatic carbocycles. The van der Waals surface area contributed by atoms with Gasteiger partial charge >= 0.3 is 0 Å². The Labute approximate surface area is 65.5 Å². The molecule has 1 nitrogen and oxygen atoms in total. The standard InChI is InChI=1S/C8H8OS/c1-6-2-7(5-9)4-8(10)3-6/h2-5,10H,1H3. The number of aldehydes is 1. The molecular weight excluding hydrogens is 144 g/mol. The summed E-state index contributed by atoms with van der Waals surface area (Å²) in [5.74, 6) is 0. The van der Waals surface area contributed by atoms with Crippen LogP contribution in [-0.2, 0) is 0 Å². The topological polar surface area (TPSA) is 17.1 Å². The van der Waals surface area contributed by atoms with Crippen molar-refractivity contribution < 1.29 is 4.79 Å². The minimum Gasteiger partial charge on any atom is -0.298 e.